The van der Waals surface area contributed by atoms with Crippen molar-refractivity contribution in [2.45, 2.75) is 24.4 Å². The molecule has 2 aromatic rings. The first kappa shape index (κ1) is 20.6. The van der Waals surface area contributed by atoms with Gasteiger partial charge in [0.1, 0.15) is 5.75 Å². The third kappa shape index (κ3) is 5.13. The molecule has 0 atom stereocenters. The summed E-state index contributed by atoms with van der Waals surface area (Å²) >= 11 is 0. The van der Waals surface area contributed by atoms with Gasteiger partial charge in [-0.2, -0.15) is 13.2 Å². The van der Waals surface area contributed by atoms with E-state index in [1.807, 2.05) is 0 Å². The summed E-state index contributed by atoms with van der Waals surface area (Å²) in [7, 11) is -2.84. The minimum absolute atomic E-state index is 0.135. The van der Waals surface area contributed by atoms with Crippen LogP contribution in [0.1, 0.15) is 18.9 Å². The number of rotatable bonds is 6. The highest BCUT2D eigenvalue weighted by Crippen LogP contribution is 2.32. The van der Waals surface area contributed by atoms with Crippen LogP contribution in [-0.4, -0.2) is 21.4 Å². The van der Waals surface area contributed by atoms with Crippen molar-refractivity contribution in [1.82, 2.24) is 0 Å². The summed E-state index contributed by atoms with van der Waals surface area (Å²) in [5, 5.41) is 2.51. The molecule has 0 aliphatic carbocycles. The van der Waals surface area contributed by atoms with Gasteiger partial charge in [-0.05, 0) is 36.4 Å². The molecule has 2 aromatic carbocycles. The lowest BCUT2D eigenvalue weighted by molar-refractivity contribution is -0.137. The molecule has 0 saturated carbocycles. The molecule has 0 bridgehead atoms. The van der Waals surface area contributed by atoms with E-state index in [1.54, 1.807) is 6.92 Å². The van der Waals surface area contributed by atoms with Crippen molar-refractivity contribution >= 4 is 27.3 Å². The predicted molar refractivity (Wildman–Crippen MR) is 94.2 cm³/mol. The van der Waals surface area contributed by atoms with Crippen molar-refractivity contribution in [2.75, 3.05) is 17.1 Å². The Balaban J connectivity index is 2.36. The molecule has 0 fully saturated rings. The first-order chi connectivity index (χ1) is 12.6. The van der Waals surface area contributed by atoms with Gasteiger partial charge in [0.2, 0.25) is 5.91 Å². The molecule has 0 unspecified atom stereocenters. The number of hydrogen-bond donors (Lipinski definition) is 2. The van der Waals surface area contributed by atoms with E-state index in [-0.39, 0.29) is 34.3 Å². The van der Waals surface area contributed by atoms with Crippen molar-refractivity contribution in [3.05, 3.63) is 48.0 Å². The Morgan fingerprint density at radius 3 is 2.44 bits per heavy atom. The Morgan fingerprint density at radius 2 is 1.85 bits per heavy atom. The number of amides is 1. The zero-order valence-electron chi connectivity index (χ0n) is 14.4. The Morgan fingerprint density at radius 1 is 1.15 bits per heavy atom. The van der Waals surface area contributed by atoms with E-state index in [2.05, 4.69) is 10.0 Å². The third-order valence-electron chi connectivity index (χ3n) is 3.52. The number of anilines is 2. The maximum absolute atomic E-state index is 12.8. The molecule has 2 N–H and O–H groups in total. The van der Waals surface area contributed by atoms with Crippen LogP contribution in [-0.2, 0) is 21.0 Å². The lowest BCUT2D eigenvalue weighted by Gasteiger charge is -2.14. The molecule has 0 saturated heterocycles. The highest BCUT2D eigenvalue weighted by Gasteiger charge is 2.30. The van der Waals surface area contributed by atoms with Crippen molar-refractivity contribution < 1.29 is 31.1 Å². The van der Waals surface area contributed by atoms with Gasteiger partial charge in [-0.3, -0.25) is 9.52 Å². The van der Waals surface area contributed by atoms with Crippen LogP contribution in [0.5, 0.6) is 5.75 Å². The average Bonchev–Trinajstić information content (AvgIpc) is 2.60. The number of ether oxygens (including phenoxy) is 1. The minimum atomic E-state index is -4.60. The molecule has 1 amide bonds. The van der Waals surface area contributed by atoms with Gasteiger partial charge in [-0.1, -0.05) is 13.0 Å². The van der Waals surface area contributed by atoms with E-state index >= 15 is 0 Å². The van der Waals surface area contributed by atoms with Gasteiger partial charge in [0, 0.05) is 12.1 Å². The van der Waals surface area contributed by atoms with Crippen molar-refractivity contribution in [3.8, 4) is 5.75 Å². The van der Waals surface area contributed by atoms with E-state index in [0.29, 0.717) is 6.07 Å². The highest BCUT2D eigenvalue weighted by atomic mass is 32.2. The van der Waals surface area contributed by atoms with Crippen LogP contribution in [0.15, 0.2) is 47.4 Å². The Bertz CT molecular complexity index is 943. The van der Waals surface area contributed by atoms with Crippen LogP contribution in [0.4, 0.5) is 24.5 Å². The van der Waals surface area contributed by atoms with E-state index in [1.165, 1.54) is 31.4 Å². The number of nitrogens with one attached hydrogen (secondary N) is 2. The fourth-order valence-corrected chi connectivity index (χ4v) is 3.24. The molecule has 2 rings (SSSR count). The van der Waals surface area contributed by atoms with Crippen LogP contribution < -0.4 is 14.8 Å². The van der Waals surface area contributed by atoms with Gasteiger partial charge in [0.15, 0.2) is 0 Å². The molecular formula is C17H17F3N2O4S. The topological polar surface area (TPSA) is 84.5 Å². The summed E-state index contributed by atoms with van der Waals surface area (Å²) in [6.07, 6.45) is -4.43. The molecule has 10 heteroatoms. The van der Waals surface area contributed by atoms with Crippen LogP contribution >= 0.6 is 0 Å². The van der Waals surface area contributed by atoms with Crippen molar-refractivity contribution in [3.63, 3.8) is 0 Å². The summed E-state index contributed by atoms with van der Waals surface area (Å²) in [6, 6.07) is 7.56. The second-order valence-electron chi connectivity index (χ2n) is 5.45. The Kier molecular flexibility index (Phi) is 5.99. The van der Waals surface area contributed by atoms with Gasteiger partial charge in [0.05, 0.1) is 23.3 Å². The summed E-state index contributed by atoms with van der Waals surface area (Å²) in [6.45, 7) is 1.62. The van der Waals surface area contributed by atoms with E-state index in [0.717, 1.165) is 12.1 Å². The zero-order valence-corrected chi connectivity index (χ0v) is 15.2. The second kappa shape index (κ2) is 7.87. The van der Waals surface area contributed by atoms with Crippen LogP contribution in [0.2, 0.25) is 0 Å². The van der Waals surface area contributed by atoms with E-state index in [4.69, 9.17) is 4.74 Å². The summed E-state index contributed by atoms with van der Waals surface area (Å²) in [5.74, 6) is -0.108. The second-order valence-corrected chi connectivity index (χ2v) is 7.13. The Hall–Kier alpha value is -2.75. The lowest BCUT2D eigenvalue weighted by atomic mass is 10.2. The molecule has 0 heterocycles. The van der Waals surface area contributed by atoms with Gasteiger partial charge in [-0.15, -0.1) is 0 Å². The fourth-order valence-electron chi connectivity index (χ4n) is 2.16. The maximum atomic E-state index is 12.8. The Labute approximate surface area is 154 Å². The largest absolute Gasteiger partial charge is 0.495 e. The number of carbonyl (C=O) groups excluding carboxylic acids is 1. The average molecular weight is 402 g/mol. The van der Waals surface area contributed by atoms with E-state index in [9.17, 15) is 26.4 Å². The normalized spacial score (nSPS) is 11.7. The van der Waals surface area contributed by atoms with Crippen LogP contribution in [0.25, 0.3) is 0 Å². The number of carbonyl (C=O) groups is 1. The summed E-state index contributed by atoms with van der Waals surface area (Å²) in [5.41, 5.74) is -1.08. The molecule has 6 nitrogen and oxygen atoms in total. The number of benzene rings is 2. The summed E-state index contributed by atoms with van der Waals surface area (Å²) in [4.78, 5) is 11.4. The first-order valence-corrected chi connectivity index (χ1v) is 9.23. The van der Waals surface area contributed by atoms with Crippen molar-refractivity contribution in [1.29, 1.82) is 0 Å². The number of hydrogen-bond acceptors (Lipinski definition) is 4. The number of alkyl halides is 3. The summed E-state index contributed by atoms with van der Waals surface area (Å²) < 4.78 is 70.6. The zero-order chi connectivity index (χ0) is 20.2. The fraction of sp³-hybridized carbons (Fsp3) is 0.235. The van der Waals surface area contributed by atoms with Gasteiger partial charge < -0.3 is 10.1 Å². The monoisotopic (exact) mass is 402 g/mol. The molecule has 146 valence electrons. The molecule has 0 aromatic heterocycles. The van der Waals surface area contributed by atoms with E-state index < -0.39 is 21.8 Å². The molecule has 0 aliphatic heterocycles. The van der Waals surface area contributed by atoms with Gasteiger partial charge in [-0.25, -0.2) is 8.42 Å². The third-order valence-corrected chi connectivity index (χ3v) is 4.90. The maximum Gasteiger partial charge on any atom is 0.416 e. The molecule has 0 aliphatic rings. The molecular weight excluding hydrogens is 385 g/mol. The smallest absolute Gasteiger partial charge is 0.416 e. The van der Waals surface area contributed by atoms with Gasteiger partial charge in [0.25, 0.3) is 10.0 Å². The standard InChI is InChI=1S/C17H17F3N2O4S/c1-3-16(23)21-14-10-13(7-8-15(14)26-2)27(24,25)22-12-6-4-5-11(9-12)17(18,19)20/h4-10,22H,3H2,1-2H3,(H,21,23). The molecule has 0 radical (unpaired) electrons. The lowest BCUT2D eigenvalue weighted by Crippen LogP contribution is -2.15. The number of halogens is 3. The molecule has 27 heavy (non-hydrogen) atoms. The van der Waals surface area contributed by atoms with Crippen molar-refractivity contribution in [2.24, 2.45) is 0 Å². The number of methoxy groups -OCH3 is 1. The number of sulfonamides is 1. The molecule has 0 spiro atoms. The minimum Gasteiger partial charge on any atom is -0.495 e. The van der Waals surface area contributed by atoms with Gasteiger partial charge >= 0.3 is 6.18 Å². The predicted octanol–water partition coefficient (Wildman–Crippen LogP) is 3.86. The van der Waals surface area contributed by atoms with Crippen LogP contribution in [0, 0.1) is 0 Å². The first-order valence-electron chi connectivity index (χ1n) is 7.75. The quantitative estimate of drug-likeness (QED) is 0.768. The highest BCUT2D eigenvalue weighted by molar-refractivity contribution is 7.92. The SMILES string of the molecule is CCC(=O)Nc1cc(S(=O)(=O)Nc2cccc(C(F)(F)F)c2)ccc1OC. The van der Waals surface area contributed by atoms with Crippen LogP contribution in [0.3, 0.4) is 0 Å².